The number of aliphatic hydroxyl groups is 1. The minimum Gasteiger partial charge on any atom is -0.493 e. The summed E-state index contributed by atoms with van der Waals surface area (Å²) in [6, 6.07) is 5.41. The second kappa shape index (κ2) is 17.3. The van der Waals surface area contributed by atoms with Crippen molar-refractivity contribution in [3.8, 4) is 11.5 Å². The number of amides is 1. The maximum atomic E-state index is 13.0. The summed E-state index contributed by atoms with van der Waals surface area (Å²) in [5, 5.41) is 19.1. The molecule has 10 nitrogen and oxygen atoms in total. The number of carbonyl (C=O) groups excluding carboxylic acids is 1. The molecule has 0 aliphatic heterocycles. The van der Waals surface area contributed by atoms with Crippen molar-refractivity contribution in [3.63, 3.8) is 0 Å². The van der Waals surface area contributed by atoms with Crippen LogP contribution in [0.3, 0.4) is 0 Å². The first-order chi connectivity index (χ1) is 19.0. The molecule has 1 rings (SSSR count). The second-order valence-electron chi connectivity index (χ2n) is 12.6. The standard InChI is InChI=1S/C30H55N3O7S/c1-20(2)23(14-22-10-11-27(39-8)28(15-22)40-13-9-12-38-7)16-25(31)26(34)17-24(21(3)4)29(35)33-18-30(5,6)19-41(32,36)37/h10-11,15,20-21,23-26,34H,9,12-14,16-19,31H2,1-8H3,(H,33,35)(H2,32,36,37)/t23-,24-,25-,26-/m0/s1. The Bertz CT molecular complexity index is 1030. The largest absolute Gasteiger partial charge is 0.493 e. The van der Waals surface area contributed by atoms with Crippen molar-refractivity contribution in [3.05, 3.63) is 23.8 Å². The molecule has 6 N–H and O–H groups in total. The van der Waals surface area contributed by atoms with E-state index in [0.29, 0.717) is 37.1 Å². The van der Waals surface area contributed by atoms with Gasteiger partial charge in [-0.3, -0.25) is 4.79 Å². The Morgan fingerprint density at radius 3 is 2.24 bits per heavy atom. The van der Waals surface area contributed by atoms with Crippen LogP contribution in [0, 0.1) is 29.1 Å². The van der Waals surface area contributed by atoms with Crippen LogP contribution in [0.1, 0.15) is 66.4 Å². The van der Waals surface area contributed by atoms with Crippen LogP contribution in [-0.2, 0) is 26.0 Å². The van der Waals surface area contributed by atoms with Gasteiger partial charge in [0.15, 0.2) is 11.5 Å². The monoisotopic (exact) mass is 601 g/mol. The zero-order valence-electron chi connectivity index (χ0n) is 26.3. The average molecular weight is 602 g/mol. The number of nitrogens with two attached hydrogens (primary N) is 2. The first-order valence-electron chi connectivity index (χ1n) is 14.5. The van der Waals surface area contributed by atoms with Gasteiger partial charge in [-0.25, -0.2) is 13.6 Å². The summed E-state index contributed by atoms with van der Waals surface area (Å²) in [6.07, 6.45) is 1.45. The summed E-state index contributed by atoms with van der Waals surface area (Å²) < 4.78 is 39.5. The Labute approximate surface area is 247 Å². The number of aliphatic hydroxyl groups excluding tert-OH is 1. The van der Waals surface area contributed by atoms with E-state index in [4.69, 9.17) is 25.1 Å². The third-order valence-corrected chi connectivity index (χ3v) is 8.64. The summed E-state index contributed by atoms with van der Waals surface area (Å²) in [6.45, 7) is 12.9. The average Bonchev–Trinajstić information content (AvgIpc) is 2.86. The topological polar surface area (TPSA) is 163 Å². The molecule has 0 radical (unpaired) electrons. The lowest BCUT2D eigenvalue weighted by Crippen LogP contribution is -2.45. The Hall–Kier alpha value is -1.92. The summed E-state index contributed by atoms with van der Waals surface area (Å²) in [5.41, 5.74) is 6.89. The first-order valence-corrected chi connectivity index (χ1v) is 16.2. The molecule has 1 amide bonds. The van der Waals surface area contributed by atoms with Crippen LogP contribution >= 0.6 is 0 Å². The lowest BCUT2D eigenvalue weighted by molar-refractivity contribution is -0.128. The smallest absolute Gasteiger partial charge is 0.223 e. The molecular formula is C30H55N3O7S. The van der Waals surface area contributed by atoms with Gasteiger partial charge in [-0.05, 0) is 60.1 Å². The number of nitrogens with one attached hydrogen (secondary N) is 1. The van der Waals surface area contributed by atoms with Gasteiger partial charge in [-0.1, -0.05) is 47.6 Å². The number of benzene rings is 1. The Balaban J connectivity index is 2.87. The van der Waals surface area contributed by atoms with E-state index in [1.54, 1.807) is 28.1 Å². The molecule has 0 aliphatic carbocycles. The molecule has 0 heterocycles. The van der Waals surface area contributed by atoms with E-state index in [1.807, 2.05) is 32.0 Å². The van der Waals surface area contributed by atoms with E-state index < -0.39 is 33.5 Å². The van der Waals surface area contributed by atoms with Crippen molar-refractivity contribution in [1.29, 1.82) is 0 Å². The zero-order chi connectivity index (χ0) is 31.4. The highest BCUT2D eigenvalue weighted by Gasteiger charge is 2.31. The van der Waals surface area contributed by atoms with Crippen molar-refractivity contribution in [2.24, 2.45) is 40.0 Å². The molecule has 238 valence electrons. The van der Waals surface area contributed by atoms with Gasteiger partial charge in [0.05, 0.1) is 25.6 Å². The quantitative estimate of drug-likeness (QED) is 0.166. The van der Waals surface area contributed by atoms with Gasteiger partial charge in [0, 0.05) is 38.6 Å². The molecule has 0 spiro atoms. The van der Waals surface area contributed by atoms with Gasteiger partial charge in [0.1, 0.15) is 0 Å². The third-order valence-electron chi connectivity index (χ3n) is 7.46. The molecule has 1 aromatic rings. The molecule has 41 heavy (non-hydrogen) atoms. The number of rotatable bonds is 20. The molecule has 0 bridgehead atoms. The Morgan fingerprint density at radius 2 is 1.71 bits per heavy atom. The van der Waals surface area contributed by atoms with Crippen molar-refractivity contribution >= 4 is 15.9 Å². The third kappa shape index (κ3) is 14.2. The van der Waals surface area contributed by atoms with E-state index in [-0.39, 0.29) is 36.5 Å². The minimum absolute atomic E-state index is 0.0410. The maximum absolute atomic E-state index is 13.0. The fourth-order valence-corrected chi connectivity index (χ4v) is 6.11. The summed E-state index contributed by atoms with van der Waals surface area (Å²) in [7, 11) is -0.400. The van der Waals surface area contributed by atoms with Gasteiger partial charge >= 0.3 is 0 Å². The molecule has 0 saturated carbocycles. The molecular weight excluding hydrogens is 546 g/mol. The van der Waals surface area contributed by atoms with E-state index in [0.717, 1.165) is 18.4 Å². The minimum atomic E-state index is -3.68. The number of primary sulfonamides is 1. The van der Waals surface area contributed by atoms with Gasteiger partial charge in [-0.2, -0.15) is 0 Å². The van der Waals surface area contributed by atoms with Crippen LogP contribution in [-0.4, -0.2) is 71.3 Å². The second-order valence-corrected chi connectivity index (χ2v) is 14.2. The van der Waals surface area contributed by atoms with Crippen LogP contribution < -0.4 is 25.7 Å². The molecule has 0 aliphatic rings. The van der Waals surface area contributed by atoms with Gasteiger partial charge in [0.2, 0.25) is 15.9 Å². The van der Waals surface area contributed by atoms with Crippen LogP contribution in [0.4, 0.5) is 0 Å². The van der Waals surface area contributed by atoms with E-state index in [2.05, 4.69) is 19.2 Å². The number of hydrogen-bond acceptors (Lipinski definition) is 8. The first kappa shape index (κ1) is 37.1. The van der Waals surface area contributed by atoms with E-state index in [9.17, 15) is 18.3 Å². The van der Waals surface area contributed by atoms with Crippen LogP contribution in [0.2, 0.25) is 0 Å². The number of ether oxygens (including phenoxy) is 3. The van der Waals surface area contributed by atoms with Crippen molar-refractivity contribution < 1.29 is 32.5 Å². The Kier molecular flexibility index (Phi) is 15.6. The molecule has 1 aromatic carbocycles. The highest BCUT2D eigenvalue weighted by atomic mass is 32.2. The van der Waals surface area contributed by atoms with Gasteiger partial charge < -0.3 is 30.4 Å². The van der Waals surface area contributed by atoms with Crippen molar-refractivity contribution in [2.75, 3.05) is 39.7 Å². The highest BCUT2D eigenvalue weighted by molar-refractivity contribution is 7.89. The fourth-order valence-electron chi connectivity index (χ4n) is 4.92. The number of hydrogen-bond donors (Lipinski definition) is 4. The SMILES string of the molecule is COCCCOc1cc(C[C@@H](C[C@H](N)[C@@H](O)C[C@H](C(=O)NCC(C)(C)CS(N)(=O)=O)C(C)C)C(C)C)ccc1OC. The summed E-state index contributed by atoms with van der Waals surface area (Å²) in [5.74, 6) is 0.874. The number of methoxy groups -OCH3 is 2. The van der Waals surface area contributed by atoms with Crippen LogP contribution in [0.5, 0.6) is 11.5 Å². The molecule has 4 atom stereocenters. The van der Waals surface area contributed by atoms with E-state index in [1.165, 1.54) is 0 Å². The molecule has 0 saturated heterocycles. The van der Waals surface area contributed by atoms with Crippen molar-refractivity contribution in [2.45, 2.75) is 79.4 Å². The summed E-state index contributed by atoms with van der Waals surface area (Å²) >= 11 is 0. The molecule has 0 unspecified atom stereocenters. The highest BCUT2D eigenvalue weighted by Crippen LogP contribution is 2.32. The number of sulfonamides is 1. The lowest BCUT2D eigenvalue weighted by atomic mass is 9.80. The molecule has 0 aromatic heterocycles. The molecule has 0 fully saturated rings. The normalized spacial score (nSPS) is 15.4. The van der Waals surface area contributed by atoms with Gasteiger partial charge in [0.25, 0.3) is 0 Å². The predicted molar refractivity (Wildman–Crippen MR) is 163 cm³/mol. The fraction of sp³-hybridized carbons (Fsp3) is 0.767. The molecule has 11 heteroatoms. The lowest BCUT2D eigenvalue weighted by Gasteiger charge is -2.31. The Morgan fingerprint density at radius 1 is 1.05 bits per heavy atom. The van der Waals surface area contributed by atoms with Gasteiger partial charge in [-0.15, -0.1) is 0 Å². The predicted octanol–water partition coefficient (Wildman–Crippen LogP) is 3.10. The van der Waals surface area contributed by atoms with Crippen molar-refractivity contribution in [1.82, 2.24) is 5.32 Å². The van der Waals surface area contributed by atoms with E-state index >= 15 is 0 Å². The number of carbonyl (C=O) groups is 1. The van der Waals surface area contributed by atoms with Crippen LogP contribution in [0.15, 0.2) is 18.2 Å². The maximum Gasteiger partial charge on any atom is 0.223 e. The van der Waals surface area contributed by atoms with Crippen LogP contribution in [0.25, 0.3) is 0 Å². The zero-order valence-corrected chi connectivity index (χ0v) is 27.1. The summed E-state index contributed by atoms with van der Waals surface area (Å²) in [4.78, 5) is 13.0.